The van der Waals surface area contributed by atoms with E-state index >= 15 is 0 Å². The quantitative estimate of drug-likeness (QED) is 0.800. The first-order valence-electron chi connectivity index (χ1n) is 4.44. The van der Waals surface area contributed by atoms with Crippen LogP contribution in [0.4, 0.5) is 4.79 Å². The number of nitrogens with zero attached hydrogens (tertiary/aromatic N) is 1. The normalized spacial score (nSPS) is 11.2. The van der Waals surface area contributed by atoms with Gasteiger partial charge in [-0.1, -0.05) is 20.8 Å². The van der Waals surface area contributed by atoms with Crippen LogP contribution in [0.15, 0.2) is 16.9 Å². The number of pyridine rings is 1. The third-order valence-corrected chi connectivity index (χ3v) is 2.43. The lowest BCUT2D eigenvalue weighted by atomic mass is 9.87. The van der Waals surface area contributed by atoms with Gasteiger partial charge in [-0.3, -0.25) is 0 Å². The highest BCUT2D eigenvalue weighted by Crippen LogP contribution is 2.35. The second-order valence-corrected chi connectivity index (χ2v) is 4.90. The zero-order valence-electron chi connectivity index (χ0n) is 8.87. The largest absolute Gasteiger partial charge is 0.410 e. The van der Waals surface area contributed by atoms with Crippen LogP contribution in [0.1, 0.15) is 26.3 Å². The van der Waals surface area contributed by atoms with E-state index in [2.05, 4.69) is 20.9 Å². The molecule has 1 heterocycles. The molecule has 0 saturated heterocycles. The number of carbonyl (C=O) groups excluding carboxylic acids is 1. The van der Waals surface area contributed by atoms with Crippen molar-refractivity contribution in [2.24, 2.45) is 5.73 Å². The molecule has 0 aliphatic rings. The van der Waals surface area contributed by atoms with Crippen molar-refractivity contribution in [3.8, 4) is 5.75 Å². The van der Waals surface area contributed by atoms with Crippen LogP contribution in [0.5, 0.6) is 5.75 Å². The lowest BCUT2D eigenvalue weighted by Gasteiger charge is -2.22. The molecule has 82 valence electrons. The molecule has 0 bridgehead atoms. The van der Waals surface area contributed by atoms with E-state index < -0.39 is 6.09 Å². The number of primary amides is 1. The van der Waals surface area contributed by atoms with Gasteiger partial charge in [-0.05, 0) is 27.4 Å². The fourth-order valence-electron chi connectivity index (χ4n) is 1.29. The lowest BCUT2D eigenvalue weighted by molar-refractivity contribution is 0.210. The van der Waals surface area contributed by atoms with Crippen molar-refractivity contribution >= 4 is 22.0 Å². The Balaban J connectivity index is 3.27. The van der Waals surface area contributed by atoms with Crippen LogP contribution >= 0.6 is 15.9 Å². The molecule has 1 rings (SSSR count). The number of nitrogens with two attached hydrogens (primary N) is 1. The third kappa shape index (κ3) is 2.92. The van der Waals surface area contributed by atoms with Gasteiger partial charge in [-0.15, -0.1) is 0 Å². The van der Waals surface area contributed by atoms with Gasteiger partial charge in [0.15, 0.2) is 0 Å². The Morgan fingerprint density at radius 1 is 1.53 bits per heavy atom. The second-order valence-electron chi connectivity index (χ2n) is 4.15. The highest BCUT2D eigenvalue weighted by atomic mass is 79.9. The predicted octanol–water partition coefficient (Wildman–Crippen LogP) is 2.60. The molecule has 1 aromatic rings. The Morgan fingerprint density at radius 3 is 2.60 bits per heavy atom. The minimum absolute atomic E-state index is 0.183. The summed E-state index contributed by atoms with van der Waals surface area (Å²) in [5.74, 6) is 0.442. The van der Waals surface area contributed by atoms with E-state index in [9.17, 15) is 4.79 Å². The van der Waals surface area contributed by atoms with E-state index in [-0.39, 0.29) is 5.41 Å². The SMILES string of the molecule is CC(C)(C)c1c(OC(N)=O)ccnc1Br. The van der Waals surface area contributed by atoms with Gasteiger partial charge in [0.2, 0.25) is 0 Å². The summed E-state index contributed by atoms with van der Waals surface area (Å²) in [5, 5.41) is 0. The molecule has 5 heteroatoms. The summed E-state index contributed by atoms with van der Waals surface area (Å²) < 4.78 is 5.58. The molecule has 0 aliphatic heterocycles. The number of aromatic nitrogens is 1. The lowest BCUT2D eigenvalue weighted by Crippen LogP contribution is -2.21. The number of ether oxygens (including phenoxy) is 1. The maximum absolute atomic E-state index is 10.7. The van der Waals surface area contributed by atoms with Crippen LogP contribution in [0.25, 0.3) is 0 Å². The smallest absolute Gasteiger partial charge is 0.409 e. The summed E-state index contributed by atoms with van der Waals surface area (Å²) >= 11 is 3.33. The maximum Gasteiger partial charge on any atom is 0.409 e. The van der Waals surface area contributed by atoms with Crippen molar-refractivity contribution in [1.82, 2.24) is 4.98 Å². The number of halogens is 1. The van der Waals surface area contributed by atoms with Gasteiger partial charge in [0.05, 0.1) is 0 Å². The van der Waals surface area contributed by atoms with E-state index in [1.807, 2.05) is 20.8 Å². The number of carbonyl (C=O) groups is 1. The van der Waals surface area contributed by atoms with Crippen LogP contribution in [0.3, 0.4) is 0 Å². The van der Waals surface area contributed by atoms with Crippen molar-refractivity contribution in [2.45, 2.75) is 26.2 Å². The molecular weight excluding hydrogens is 260 g/mol. The highest BCUT2D eigenvalue weighted by molar-refractivity contribution is 9.10. The van der Waals surface area contributed by atoms with E-state index in [1.165, 1.54) is 0 Å². The van der Waals surface area contributed by atoms with E-state index in [0.717, 1.165) is 5.56 Å². The van der Waals surface area contributed by atoms with Gasteiger partial charge in [0.25, 0.3) is 0 Å². The zero-order chi connectivity index (χ0) is 11.6. The first-order chi connectivity index (χ1) is 6.82. The summed E-state index contributed by atoms with van der Waals surface area (Å²) in [6.45, 7) is 6.01. The van der Waals surface area contributed by atoms with Gasteiger partial charge in [0.1, 0.15) is 10.4 Å². The Labute approximate surface area is 97.0 Å². The molecule has 1 amide bonds. The molecule has 0 saturated carbocycles. The summed E-state index contributed by atoms with van der Waals surface area (Å²) in [4.78, 5) is 14.8. The van der Waals surface area contributed by atoms with Gasteiger partial charge in [-0.25, -0.2) is 9.78 Å². The van der Waals surface area contributed by atoms with Crippen molar-refractivity contribution in [1.29, 1.82) is 0 Å². The molecule has 1 aromatic heterocycles. The molecule has 2 N–H and O–H groups in total. The number of hydrogen-bond donors (Lipinski definition) is 1. The molecule has 0 aliphatic carbocycles. The van der Waals surface area contributed by atoms with Crippen LogP contribution < -0.4 is 10.5 Å². The molecule has 0 atom stereocenters. The van der Waals surface area contributed by atoms with E-state index in [1.54, 1.807) is 12.3 Å². The fraction of sp³-hybridized carbons (Fsp3) is 0.400. The van der Waals surface area contributed by atoms with Crippen molar-refractivity contribution in [3.63, 3.8) is 0 Å². The minimum Gasteiger partial charge on any atom is -0.410 e. The van der Waals surface area contributed by atoms with Gasteiger partial charge >= 0.3 is 6.09 Å². The molecule has 4 nitrogen and oxygen atoms in total. The molecule has 0 radical (unpaired) electrons. The van der Waals surface area contributed by atoms with E-state index in [0.29, 0.717) is 10.4 Å². The van der Waals surface area contributed by atoms with Gasteiger partial charge < -0.3 is 10.5 Å². The molecule has 15 heavy (non-hydrogen) atoms. The van der Waals surface area contributed by atoms with Gasteiger partial charge in [0, 0.05) is 11.8 Å². The Hall–Kier alpha value is -1.10. The molecular formula is C10H13BrN2O2. The molecule has 0 aromatic carbocycles. The number of rotatable bonds is 1. The highest BCUT2D eigenvalue weighted by Gasteiger charge is 2.23. The summed E-state index contributed by atoms with van der Waals surface area (Å²) in [6.07, 6.45) is 0.732. The van der Waals surface area contributed by atoms with Crippen molar-refractivity contribution in [2.75, 3.05) is 0 Å². The number of amides is 1. The van der Waals surface area contributed by atoms with E-state index in [4.69, 9.17) is 10.5 Å². The maximum atomic E-state index is 10.7. The first-order valence-corrected chi connectivity index (χ1v) is 5.24. The Bertz CT molecular complexity index is 385. The zero-order valence-corrected chi connectivity index (χ0v) is 10.5. The minimum atomic E-state index is -0.821. The topological polar surface area (TPSA) is 65.2 Å². The fourth-order valence-corrected chi connectivity index (χ4v) is 2.20. The predicted molar refractivity (Wildman–Crippen MR) is 60.8 cm³/mol. The second kappa shape index (κ2) is 4.18. The molecule has 0 fully saturated rings. The molecule has 0 spiro atoms. The summed E-state index contributed by atoms with van der Waals surface area (Å²) in [6, 6.07) is 1.62. The van der Waals surface area contributed by atoms with Crippen LogP contribution in [0.2, 0.25) is 0 Å². The van der Waals surface area contributed by atoms with Gasteiger partial charge in [-0.2, -0.15) is 0 Å². The Kier molecular flexibility index (Phi) is 3.34. The standard InChI is InChI=1S/C10H13BrN2O2/c1-10(2,3)7-6(15-9(12)14)4-5-13-8(7)11/h4-5H,1-3H3,(H2,12,14). The summed E-state index contributed by atoms with van der Waals surface area (Å²) in [7, 11) is 0. The average molecular weight is 273 g/mol. The molecule has 0 unspecified atom stereocenters. The summed E-state index contributed by atoms with van der Waals surface area (Å²) in [5.41, 5.74) is 5.63. The van der Waals surface area contributed by atoms with Crippen LogP contribution in [-0.2, 0) is 5.41 Å². The van der Waals surface area contributed by atoms with Crippen LogP contribution in [0, 0.1) is 0 Å². The third-order valence-electron chi connectivity index (χ3n) is 1.83. The van der Waals surface area contributed by atoms with Crippen molar-refractivity contribution < 1.29 is 9.53 Å². The Morgan fingerprint density at radius 2 is 2.13 bits per heavy atom. The van der Waals surface area contributed by atoms with Crippen molar-refractivity contribution in [3.05, 3.63) is 22.4 Å². The monoisotopic (exact) mass is 272 g/mol. The number of hydrogen-bond acceptors (Lipinski definition) is 3. The average Bonchev–Trinajstić information content (AvgIpc) is 1.99. The van der Waals surface area contributed by atoms with Crippen LogP contribution in [-0.4, -0.2) is 11.1 Å². The first kappa shape index (κ1) is 12.0.